The molecule has 0 amide bonds. The average Bonchev–Trinajstić information content (AvgIpc) is 2.36. The van der Waals surface area contributed by atoms with E-state index in [1.165, 1.54) is 51.4 Å². The van der Waals surface area contributed by atoms with Crippen LogP contribution in [0.1, 0.15) is 79.1 Å². The summed E-state index contributed by atoms with van der Waals surface area (Å²) in [5.74, 6) is 1.76. The highest BCUT2D eigenvalue weighted by atomic mass is 14.9. The van der Waals surface area contributed by atoms with Crippen LogP contribution in [-0.2, 0) is 0 Å². The number of rotatable bonds is 7. The second-order valence-electron chi connectivity index (χ2n) is 6.26. The van der Waals surface area contributed by atoms with E-state index in [9.17, 15) is 0 Å². The lowest BCUT2D eigenvalue weighted by atomic mass is 9.84. The number of hydrogen-bond acceptors (Lipinski definition) is 1. The van der Waals surface area contributed by atoms with Crippen molar-refractivity contribution >= 4 is 0 Å². The van der Waals surface area contributed by atoms with Crippen LogP contribution in [0.4, 0.5) is 0 Å². The van der Waals surface area contributed by atoms with Gasteiger partial charge in [0.25, 0.3) is 0 Å². The molecule has 1 aliphatic carbocycles. The molecule has 0 aromatic heterocycles. The van der Waals surface area contributed by atoms with Crippen molar-refractivity contribution in [2.75, 3.05) is 0 Å². The Kier molecular flexibility index (Phi) is 7.18. The molecule has 3 atom stereocenters. The highest BCUT2D eigenvalue weighted by Crippen LogP contribution is 2.27. The fourth-order valence-corrected chi connectivity index (χ4v) is 3.13. The van der Waals surface area contributed by atoms with E-state index in [0.29, 0.717) is 6.04 Å². The third kappa shape index (κ3) is 5.42. The van der Waals surface area contributed by atoms with Crippen LogP contribution in [0, 0.1) is 11.8 Å². The lowest BCUT2D eigenvalue weighted by Crippen LogP contribution is -2.43. The van der Waals surface area contributed by atoms with Crippen molar-refractivity contribution in [2.45, 2.75) is 91.1 Å². The first-order valence-corrected chi connectivity index (χ1v) is 7.91. The van der Waals surface area contributed by atoms with Gasteiger partial charge in [-0.25, -0.2) is 0 Å². The molecule has 0 radical (unpaired) electrons. The van der Waals surface area contributed by atoms with E-state index in [4.69, 9.17) is 0 Å². The van der Waals surface area contributed by atoms with Crippen molar-refractivity contribution in [1.29, 1.82) is 0 Å². The number of unbranched alkanes of at least 4 members (excludes halogenated alkanes) is 1. The highest BCUT2D eigenvalue weighted by molar-refractivity contribution is 4.79. The van der Waals surface area contributed by atoms with E-state index in [1.54, 1.807) is 0 Å². The second-order valence-corrected chi connectivity index (χ2v) is 6.26. The maximum atomic E-state index is 3.86. The summed E-state index contributed by atoms with van der Waals surface area (Å²) < 4.78 is 0. The summed E-state index contributed by atoms with van der Waals surface area (Å²) in [7, 11) is 0. The maximum absolute atomic E-state index is 3.86. The summed E-state index contributed by atoms with van der Waals surface area (Å²) >= 11 is 0. The minimum absolute atomic E-state index is 0.679. The van der Waals surface area contributed by atoms with Gasteiger partial charge in [0.2, 0.25) is 0 Å². The van der Waals surface area contributed by atoms with Gasteiger partial charge in [-0.15, -0.1) is 0 Å². The summed E-state index contributed by atoms with van der Waals surface area (Å²) in [4.78, 5) is 0. The van der Waals surface area contributed by atoms with Gasteiger partial charge in [0.05, 0.1) is 0 Å². The number of nitrogens with one attached hydrogen (secondary N) is 1. The van der Waals surface area contributed by atoms with Crippen molar-refractivity contribution < 1.29 is 0 Å². The van der Waals surface area contributed by atoms with E-state index in [-0.39, 0.29) is 0 Å². The zero-order valence-electron chi connectivity index (χ0n) is 12.5. The predicted molar refractivity (Wildman–Crippen MR) is 77.3 cm³/mol. The van der Waals surface area contributed by atoms with Crippen LogP contribution in [-0.4, -0.2) is 12.1 Å². The first kappa shape index (κ1) is 15.0. The van der Waals surface area contributed by atoms with Gasteiger partial charge in [-0.1, -0.05) is 46.0 Å². The Bertz CT molecular complexity index is 184. The van der Waals surface area contributed by atoms with Crippen LogP contribution >= 0.6 is 0 Å². The molecule has 102 valence electrons. The predicted octanol–water partition coefficient (Wildman–Crippen LogP) is 4.76. The van der Waals surface area contributed by atoms with E-state index in [1.807, 2.05) is 0 Å². The van der Waals surface area contributed by atoms with E-state index < -0.39 is 0 Å². The van der Waals surface area contributed by atoms with Crippen molar-refractivity contribution in [1.82, 2.24) is 5.32 Å². The van der Waals surface area contributed by atoms with Crippen molar-refractivity contribution in [3.05, 3.63) is 0 Å². The molecule has 0 spiro atoms. The quantitative estimate of drug-likeness (QED) is 0.675. The SMILES string of the molecule is CCCCC(C)C(C)NC(C)C1CCCCC1. The molecule has 0 aliphatic heterocycles. The van der Waals surface area contributed by atoms with Crippen LogP contribution in [0.3, 0.4) is 0 Å². The lowest BCUT2D eigenvalue weighted by Gasteiger charge is -2.32. The van der Waals surface area contributed by atoms with Gasteiger partial charge in [0, 0.05) is 12.1 Å². The second kappa shape index (κ2) is 8.13. The van der Waals surface area contributed by atoms with E-state index in [0.717, 1.165) is 17.9 Å². The fraction of sp³-hybridized carbons (Fsp3) is 1.00. The molecule has 1 fully saturated rings. The summed E-state index contributed by atoms with van der Waals surface area (Å²) in [6, 6.07) is 1.40. The Labute approximate surface area is 109 Å². The van der Waals surface area contributed by atoms with Gasteiger partial charge in [-0.05, 0) is 44.9 Å². The van der Waals surface area contributed by atoms with E-state index in [2.05, 4.69) is 33.0 Å². The molecule has 1 aliphatic rings. The first-order chi connectivity index (χ1) is 8.15. The molecule has 0 bridgehead atoms. The molecular weight excluding hydrogens is 206 g/mol. The molecule has 1 saturated carbocycles. The third-order valence-corrected chi connectivity index (χ3v) is 4.75. The third-order valence-electron chi connectivity index (χ3n) is 4.75. The Morgan fingerprint density at radius 3 is 2.29 bits per heavy atom. The van der Waals surface area contributed by atoms with Gasteiger partial charge in [0.1, 0.15) is 0 Å². The Morgan fingerprint density at radius 2 is 1.71 bits per heavy atom. The fourth-order valence-electron chi connectivity index (χ4n) is 3.13. The standard InChI is InChI=1S/C16H33N/c1-5-6-10-13(2)14(3)17-15(4)16-11-8-7-9-12-16/h13-17H,5-12H2,1-4H3. The summed E-state index contributed by atoms with van der Waals surface area (Å²) in [5, 5.41) is 3.86. The zero-order valence-corrected chi connectivity index (χ0v) is 12.5. The molecule has 17 heavy (non-hydrogen) atoms. The molecule has 3 unspecified atom stereocenters. The van der Waals surface area contributed by atoms with Gasteiger partial charge in [0.15, 0.2) is 0 Å². The Morgan fingerprint density at radius 1 is 1.06 bits per heavy atom. The molecule has 0 saturated heterocycles. The lowest BCUT2D eigenvalue weighted by molar-refractivity contribution is 0.243. The highest BCUT2D eigenvalue weighted by Gasteiger charge is 2.22. The van der Waals surface area contributed by atoms with Gasteiger partial charge in [-0.3, -0.25) is 0 Å². The Hall–Kier alpha value is -0.0400. The topological polar surface area (TPSA) is 12.0 Å². The Balaban J connectivity index is 2.25. The molecule has 0 aromatic rings. The molecule has 1 rings (SSSR count). The van der Waals surface area contributed by atoms with Crippen molar-refractivity contribution in [3.8, 4) is 0 Å². The molecular formula is C16H33N. The molecule has 1 nitrogen and oxygen atoms in total. The molecule has 0 aromatic carbocycles. The maximum Gasteiger partial charge on any atom is 0.00695 e. The van der Waals surface area contributed by atoms with Gasteiger partial charge < -0.3 is 5.32 Å². The van der Waals surface area contributed by atoms with Crippen LogP contribution in [0.25, 0.3) is 0 Å². The van der Waals surface area contributed by atoms with Gasteiger partial charge in [-0.2, -0.15) is 0 Å². The zero-order chi connectivity index (χ0) is 12.7. The molecule has 0 heterocycles. The van der Waals surface area contributed by atoms with Crippen molar-refractivity contribution in [2.24, 2.45) is 11.8 Å². The number of hydrogen-bond donors (Lipinski definition) is 1. The van der Waals surface area contributed by atoms with Crippen LogP contribution in [0.2, 0.25) is 0 Å². The first-order valence-electron chi connectivity index (χ1n) is 7.91. The monoisotopic (exact) mass is 239 g/mol. The summed E-state index contributed by atoms with van der Waals surface area (Å²) in [6.07, 6.45) is 11.4. The van der Waals surface area contributed by atoms with Crippen LogP contribution in [0.5, 0.6) is 0 Å². The smallest absolute Gasteiger partial charge is 0.00695 e. The summed E-state index contributed by atoms with van der Waals surface area (Å²) in [5.41, 5.74) is 0. The van der Waals surface area contributed by atoms with Crippen LogP contribution < -0.4 is 5.32 Å². The van der Waals surface area contributed by atoms with E-state index >= 15 is 0 Å². The van der Waals surface area contributed by atoms with Crippen LogP contribution in [0.15, 0.2) is 0 Å². The molecule has 1 heteroatoms. The minimum Gasteiger partial charge on any atom is -0.311 e. The largest absolute Gasteiger partial charge is 0.311 e. The normalized spacial score (nSPS) is 23.3. The minimum atomic E-state index is 0.679. The molecule has 1 N–H and O–H groups in total. The average molecular weight is 239 g/mol. The van der Waals surface area contributed by atoms with Crippen molar-refractivity contribution in [3.63, 3.8) is 0 Å². The summed E-state index contributed by atoms with van der Waals surface area (Å²) in [6.45, 7) is 9.47. The van der Waals surface area contributed by atoms with Gasteiger partial charge >= 0.3 is 0 Å².